The molecule has 21 heavy (non-hydrogen) atoms. The molecule has 0 aliphatic heterocycles. The minimum absolute atomic E-state index is 0.0764. The number of amides is 1. The summed E-state index contributed by atoms with van der Waals surface area (Å²) in [5.74, 6) is 5.44. The molecule has 0 fully saturated rings. The Morgan fingerprint density at radius 3 is 2.48 bits per heavy atom. The van der Waals surface area contributed by atoms with Crippen LogP contribution in [0.1, 0.15) is 26.3 Å². The Balaban J connectivity index is 2.71. The van der Waals surface area contributed by atoms with Crippen molar-refractivity contribution in [1.82, 2.24) is 5.32 Å². The molecule has 114 valence electrons. The molecule has 0 atom stereocenters. The van der Waals surface area contributed by atoms with Gasteiger partial charge in [0.1, 0.15) is 5.60 Å². The van der Waals surface area contributed by atoms with E-state index in [-0.39, 0.29) is 11.4 Å². The van der Waals surface area contributed by atoms with Crippen LogP contribution in [0.25, 0.3) is 0 Å². The number of hydrogen-bond acceptors (Lipinski definition) is 4. The van der Waals surface area contributed by atoms with Gasteiger partial charge in [0, 0.05) is 11.8 Å². The van der Waals surface area contributed by atoms with E-state index >= 15 is 0 Å². The molecule has 0 saturated carbocycles. The fourth-order valence-electron chi connectivity index (χ4n) is 1.46. The average Bonchev–Trinajstić information content (AvgIpc) is 2.32. The Morgan fingerprint density at radius 1 is 1.29 bits per heavy atom. The van der Waals surface area contributed by atoms with Crippen molar-refractivity contribution in [1.29, 1.82) is 0 Å². The number of hydrogen-bond donors (Lipinski definition) is 1. The third-order valence-electron chi connectivity index (χ3n) is 2.23. The Morgan fingerprint density at radius 2 is 1.90 bits per heavy atom. The topological polar surface area (TPSA) is 72.5 Å². The summed E-state index contributed by atoms with van der Waals surface area (Å²) in [5, 5.41) is 2.48. The van der Waals surface area contributed by atoms with Gasteiger partial charge in [-0.3, -0.25) is 0 Å². The van der Waals surface area contributed by atoms with Crippen LogP contribution in [0.2, 0.25) is 0 Å². The number of benzene rings is 1. The number of rotatable bonds is 2. The molecular weight excluding hydrogens is 290 g/mol. The van der Waals surface area contributed by atoms with Gasteiger partial charge < -0.3 is 10.1 Å². The number of carbonyl (C=O) groups excluding carboxylic acids is 1. The van der Waals surface area contributed by atoms with Gasteiger partial charge in [-0.2, -0.15) is 0 Å². The van der Waals surface area contributed by atoms with Gasteiger partial charge in [0.15, 0.2) is 9.84 Å². The zero-order chi connectivity index (χ0) is 16.1. The van der Waals surface area contributed by atoms with E-state index in [0.717, 1.165) is 6.26 Å². The molecule has 5 nitrogen and oxygen atoms in total. The first-order valence-electron chi connectivity index (χ1n) is 6.34. The summed E-state index contributed by atoms with van der Waals surface area (Å²) < 4.78 is 28.2. The predicted molar refractivity (Wildman–Crippen MR) is 80.7 cm³/mol. The summed E-state index contributed by atoms with van der Waals surface area (Å²) in [4.78, 5) is 11.6. The van der Waals surface area contributed by atoms with Crippen LogP contribution in [-0.2, 0) is 14.6 Å². The summed E-state index contributed by atoms with van der Waals surface area (Å²) in [6.45, 7) is 5.37. The van der Waals surface area contributed by atoms with Crippen LogP contribution in [0.4, 0.5) is 4.79 Å². The van der Waals surface area contributed by atoms with E-state index in [2.05, 4.69) is 17.2 Å². The van der Waals surface area contributed by atoms with Crippen molar-refractivity contribution in [2.75, 3.05) is 12.8 Å². The standard InChI is InChI=1S/C15H19NO4S/c1-15(2,3)20-14(17)16-11-7-9-12-8-5-6-10-13(12)21(4,18)19/h5-6,8,10H,11H2,1-4H3,(H,16,17). The Labute approximate surface area is 125 Å². The first-order valence-corrected chi connectivity index (χ1v) is 8.23. The number of nitrogens with one attached hydrogen (secondary N) is 1. The average molecular weight is 309 g/mol. The fraction of sp³-hybridized carbons (Fsp3) is 0.400. The lowest BCUT2D eigenvalue weighted by molar-refractivity contribution is 0.0535. The van der Waals surface area contributed by atoms with Crippen LogP contribution in [0.15, 0.2) is 29.2 Å². The fourth-order valence-corrected chi connectivity index (χ4v) is 2.31. The second-order valence-electron chi connectivity index (χ2n) is 5.43. The highest BCUT2D eigenvalue weighted by Crippen LogP contribution is 2.13. The predicted octanol–water partition coefficient (Wildman–Crippen LogP) is 1.97. The third-order valence-corrected chi connectivity index (χ3v) is 3.38. The molecule has 0 spiro atoms. The van der Waals surface area contributed by atoms with Gasteiger partial charge in [0.05, 0.1) is 11.4 Å². The maximum absolute atomic E-state index is 11.6. The molecule has 0 heterocycles. The number of ether oxygens (including phenoxy) is 1. The van der Waals surface area contributed by atoms with Crippen LogP contribution in [0, 0.1) is 11.8 Å². The number of carbonyl (C=O) groups is 1. The van der Waals surface area contributed by atoms with Crippen LogP contribution in [0.3, 0.4) is 0 Å². The summed E-state index contributed by atoms with van der Waals surface area (Å²) in [5.41, 5.74) is -0.161. The number of sulfone groups is 1. The summed E-state index contributed by atoms with van der Waals surface area (Å²) in [6, 6.07) is 6.47. The molecule has 1 aromatic rings. The second-order valence-corrected chi connectivity index (χ2v) is 7.41. The van der Waals surface area contributed by atoms with Crippen LogP contribution in [0.5, 0.6) is 0 Å². The third kappa shape index (κ3) is 6.32. The van der Waals surface area contributed by atoms with Crippen molar-refractivity contribution in [2.45, 2.75) is 31.3 Å². The highest BCUT2D eigenvalue weighted by atomic mass is 32.2. The quantitative estimate of drug-likeness (QED) is 0.848. The minimum Gasteiger partial charge on any atom is -0.444 e. The molecule has 6 heteroatoms. The van der Waals surface area contributed by atoms with Gasteiger partial charge in [-0.15, -0.1) is 0 Å². The van der Waals surface area contributed by atoms with Crippen LogP contribution in [-0.4, -0.2) is 32.9 Å². The van der Waals surface area contributed by atoms with Gasteiger partial charge >= 0.3 is 6.09 Å². The van der Waals surface area contributed by atoms with Crippen molar-refractivity contribution in [3.05, 3.63) is 29.8 Å². The summed E-state index contributed by atoms with van der Waals surface area (Å²) in [6.07, 6.45) is 0.570. The van der Waals surface area contributed by atoms with Gasteiger partial charge in [0.25, 0.3) is 0 Å². The molecule has 0 aromatic heterocycles. The molecular formula is C15H19NO4S. The van der Waals surface area contributed by atoms with Gasteiger partial charge in [-0.05, 0) is 32.9 Å². The molecule has 1 amide bonds. The zero-order valence-corrected chi connectivity index (χ0v) is 13.4. The van der Waals surface area contributed by atoms with E-state index in [1.165, 1.54) is 6.07 Å². The van der Waals surface area contributed by atoms with Crippen molar-refractivity contribution >= 4 is 15.9 Å². The molecule has 0 bridgehead atoms. The lowest BCUT2D eigenvalue weighted by atomic mass is 10.2. The van der Waals surface area contributed by atoms with Crippen LogP contribution < -0.4 is 5.32 Å². The van der Waals surface area contributed by atoms with E-state index in [1.807, 2.05) is 0 Å². The molecule has 0 aliphatic carbocycles. The lowest BCUT2D eigenvalue weighted by Crippen LogP contribution is -2.32. The van der Waals surface area contributed by atoms with Crippen molar-refractivity contribution in [3.8, 4) is 11.8 Å². The van der Waals surface area contributed by atoms with Crippen molar-refractivity contribution in [2.24, 2.45) is 0 Å². The Hall–Kier alpha value is -2.00. The largest absolute Gasteiger partial charge is 0.444 e. The first kappa shape index (κ1) is 17.1. The molecule has 0 saturated heterocycles. The highest BCUT2D eigenvalue weighted by molar-refractivity contribution is 7.90. The van der Waals surface area contributed by atoms with Crippen molar-refractivity contribution in [3.63, 3.8) is 0 Å². The monoisotopic (exact) mass is 309 g/mol. The Bertz CT molecular complexity index is 676. The maximum Gasteiger partial charge on any atom is 0.408 e. The highest BCUT2D eigenvalue weighted by Gasteiger charge is 2.15. The molecule has 1 rings (SSSR count). The van der Waals surface area contributed by atoms with Crippen LogP contribution >= 0.6 is 0 Å². The molecule has 1 aromatic carbocycles. The van der Waals surface area contributed by atoms with E-state index in [1.54, 1.807) is 39.0 Å². The summed E-state index contributed by atoms with van der Waals surface area (Å²) in [7, 11) is -3.33. The zero-order valence-electron chi connectivity index (χ0n) is 12.6. The number of alkyl carbamates (subject to hydrolysis) is 1. The smallest absolute Gasteiger partial charge is 0.408 e. The van der Waals surface area contributed by atoms with E-state index in [0.29, 0.717) is 5.56 Å². The van der Waals surface area contributed by atoms with E-state index in [4.69, 9.17) is 4.74 Å². The van der Waals surface area contributed by atoms with Gasteiger partial charge in [-0.1, -0.05) is 24.0 Å². The van der Waals surface area contributed by atoms with Gasteiger partial charge in [0.2, 0.25) is 0 Å². The SMILES string of the molecule is CC(C)(C)OC(=O)NCC#Cc1ccccc1S(C)(=O)=O. The van der Waals surface area contributed by atoms with E-state index < -0.39 is 21.5 Å². The Kier molecular flexibility index (Phi) is 5.39. The summed E-state index contributed by atoms with van der Waals surface area (Å²) >= 11 is 0. The first-order chi connectivity index (χ1) is 9.59. The molecule has 1 N–H and O–H groups in total. The molecule has 0 aliphatic rings. The van der Waals surface area contributed by atoms with Crippen molar-refractivity contribution < 1.29 is 17.9 Å². The minimum atomic E-state index is -3.33. The van der Waals surface area contributed by atoms with E-state index in [9.17, 15) is 13.2 Å². The molecule has 0 radical (unpaired) electrons. The second kappa shape index (κ2) is 6.64. The lowest BCUT2D eigenvalue weighted by Gasteiger charge is -2.19. The molecule has 0 unspecified atom stereocenters. The van der Waals surface area contributed by atoms with Gasteiger partial charge in [-0.25, -0.2) is 13.2 Å². The maximum atomic E-state index is 11.6. The normalized spacial score (nSPS) is 11.2.